The molecular formula is C21H18N4O. The summed E-state index contributed by atoms with van der Waals surface area (Å²) in [6.07, 6.45) is 4.46. The topological polar surface area (TPSA) is 66.5 Å². The summed E-state index contributed by atoms with van der Waals surface area (Å²) in [6.45, 7) is 2.64. The predicted octanol–water partition coefficient (Wildman–Crippen LogP) is 3.91. The van der Waals surface area contributed by atoms with Crippen molar-refractivity contribution in [1.29, 1.82) is 0 Å². The Morgan fingerprint density at radius 1 is 1.08 bits per heavy atom. The Kier molecular flexibility index (Phi) is 3.22. The second-order valence-corrected chi connectivity index (χ2v) is 6.75. The second kappa shape index (κ2) is 5.59. The van der Waals surface area contributed by atoms with E-state index in [2.05, 4.69) is 33.2 Å². The normalized spacial score (nSPS) is 11.7. The van der Waals surface area contributed by atoms with Crippen molar-refractivity contribution >= 4 is 32.8 Å². The quantitative estimate of drug-likeness (QED) is 0.522. The van der Waals surface area contributed by atoms with Gasteiger partial charge in [-0.2, -0.15) is 0 Å². The van der Waals surface area contributed by atoms with Crippen LogP contribution in [0.25, 0.3) is 32.8 Å². The van der Waals surface area contributed by atoms with Crippen molar-refractivity contribution in [1.82, 2.24) is 19.5 Å². The Hall–Kier alpha value is -3.34. The van der Waals surface area contributed by atoms with E-state index in [1.165, 1.54) is 10.9 Å². The van der Waals surface area contributed by atoms with E-state index in [1.807, 2.05) is 37.4 Å². The fourth-order valence-corrected chi connectivity index (χ4v) is 3.64. The highest BCUT2D eigenvalue weighted by atomic mass is 16.1. The van der Waals surface area contributed by atoms with Crippen LogP contribution in [-0.4, -0.2) is 19.5 Å². The zero-order valence-corrected chi connectivity index (χ0v) is 14.4. The van der Waals surface area contributed by atoms with Gasteiger partial charge in [-0.05, 0) is 37.1 Å². The molecule has 0 radical (unpaired) electrons. The number of fused-ring (bicyclic) bond motifs is 4. The van der Waals surface area contributed by atoms with Gasteiger partial charge in [0.2, 0.25) is 0 Å². The summed E-state index contributed by atoms with van der Waals surface area (Å²) in [7, 11) is 0. The van der Waals surface area contributed by atoms with Crippen molar-refractivity contribution in [2.24, 2.45) is 0 Å². The number of benzene rings is 2. The van der Waals surface area contributed by atoms with Crippen molar-refractivity contribution in [3.8, 4) is 0 Å². The Balaban J connectivity index is 1.54. The lowest BCUT2D eigenvalue weighted by Gasteiger charge is -2.04. The number of aryl methyl sites for hydroxylation is 3. The Bertz CT molecular complexity index is 1320. The van der Waals surface area contributed by atoms with Gasteiger partial charge in [0, 0.05) is 34.5 Å². The highest BCUT2D eigenvalue weighted by Crippen LogP contribution is 2.22. The molecule has 2 N–H and O–H groups in total. The van der Waals surface area contributed by atoms with Crippen molar-refractivity contribution in [2.45, 2.75) is 19.9 Å². The van der Waals surface area contributed by atoms with Crippen LogP contribution in [0.3, 0.4) is 0 Å². The summed E-state index contributed by atoms with van der Waals surface area (Å²) < 4.78 is 1.69. The van der Waals surface area contributed by atoms with E-state index in [-0.39, 0.29) is 5.56 Å². The molecule has 0 bridgehead atoms. The molecule has 2 aromatic carbocycles. The molecule has 5 heteroatoms. The van der Waals surface area contributed by atoms with Gasteiger partial charge in [-0.15, -0.1) is 0 Å². The van der Waals surface area contributed by atoms with E-state index in [1.54, 1.807) is 10.9 Å². The molecule has 26 heavy (non-hydrogen) atoms. The van der Waals surface area contributed by atoms with E-state index in [4.69, 9.17) is 0 Å². The Labute approximate surface area is 149 Å². The van der Waals surface area contributed by atoms with Crippen LogP contribution < -0.4 is 5.56 Å². The Morgan fingerprint density at radius 2 is 1.96 bits per heavy atom. The zero-order valence-electron chi connectivity index (χ0n) is 14.4. The number of rotatable bonds is 3. The average Bonchev–Trinajstić information content (AvgIpc) is 3.23. The number of H-pyrrole nitrogens is 2. The molecule has 128 valence electrons. The van der Waals surface area contributed by atoms with Crippen LogP contribution in [0, 0.1) is 6.92 Å². The summed E-state index contributed by atoms with van der Waals surface area (Å²) in [5.41, 5.74) is 5.73. The smallest absolute Gasteiger partial charge is 0.277 e. The lowest BCUT2D eigenvalue weighted by molar-refractivity contribution is 0.664. The van der Waals surface area contributed by atoms with Crippen LogP contribution in [0.15, 0.2) is 59.8 Å². The highest BCUT2D eigenvalue weighted by Gasteiger charge is 2.11. The molecule has 5 rings (SSSR count). The third kappa shape index (κ3) is 2.24. The SMILES string of the molecule is Cc1ccc2[nH]c3c(=O)n(CCc4c[nH]c5ccccc45)cnc3c2c1. The monoisotopic (exact) mass is 342 g/mol. The molecule has 5 aromatic rings. The molecule has 3 heterocycles. The van der Waals surface area contributed by atoms with Crippen molar-refractivity contribution in [2.75, 3.05) is 0 Å². The summed E-state index contributed by atoms with van der Waals surface area (Å²) >= 11 is 0. The van der Waals surface area contributed by atoms with Crippen LogP contribution in [0.4, 0.5) is 0 Å². The lowest BCUT2D eigenvalue weighted by Crippen LogP contribution is -2.21. The summed E-state index contributed by atoms with van der Waals surface area (Å²) in [6, 6.07) is 14.3. The first-order valence-corrected chi connectivity index (χ1v) is 8.73. The van der Waals surface area contributed by atoms with Crippen molar-refractivity contribution < 1.29 is 0 Å². The first kappa shape index (κ1) is 15.0. The van der Waals surface area contributed by atoms with Gasteiger partial charge in [0.25, 0.3) is 5.56 Å². The van der Waals surface area contributed by atoms with Crippen LogP contribution in [0.1, 0.15) is 11.1 Å². The highest BCUT2D eigenvalue weighted by molar-refractivity contribution is 6.04. The van der Waals surface area contributed by atoms with Gasteiger partial charge < -0.3 is 9.97 Å². The molecule has 0 aliphatic rings. The van der Waals surface area contributed by atoms with Crippen LogP contribution >= 0.6 is 0 Å². The number of hydrogen-bond acceptors (Lipinski definition) is 2. The van der Waals surface area contributed by atoms with E-state index >= 15 is 0 Å². The zero-order chi connectivity index (χ0) is 17.7. The van der Waals surface area contributed by atoms with E-state index in [9.17, 15) is 4.79 Å². The number of hydrogen-bond donors (Lipinski definition) is 2. The van der Waals surface area contributed by atoms with Gasteiger partial charge >= 0.3 is 0 Å². The van der Waals surface area contributed by atoms with Gasteiger partial charge in [0.05, 0.1) is 6.33 Å². The molecule has 0 fully saturated rings. The van der Waals surface area contributed by atoms with Gasteiger partial charge in [0.15, 0.2) is 0 Å². The van der Waals surface area contributed by atoms with Crippen LogP contribution in [-0.2, 0) is 13.0 Å². The number of nitrogens with one attached hydrogen (secondary N) is 2. The third-order valence-electron chi connectivity index (χ3n) is 5.02. The molecule has 0 atom stereocenters. The molecule has 0 aliphatic heterocycles. The molecular weight excluding hydrogens is 324 g/mol. The maximum atomic E-state index is 12.9. The Morgan fingerprint density at radius 3 is 2.88 bits per heavy atom. The number of aromatic amines is 2. The fourth-order valence-electron chi connectivity index (χ4n) is 3.64. The third-order valence-corrected chi connectivity index (χ3v) is 5.02. The molecule has 0 spiro atoms. The summed E-state index contributed by atoms with van der Waals surface area (Å²) in [5, 5.41) is 2.21. The molecule has 0 saturated carbocycles. The lowest BCUT2D eigenvalue weighted by atomic mass is 10.1. The molecule has 0 saturated heterocycles. The molecule has 0 amide bonds. The molecule has 3 aromatic heterocycles. The summed E-state index contributed by atoms with van der Waals surface area (Å²) in [4.78, 5) is 24.0. The maximum Gasteiger partial charge on any atom is 0.277 e. The van der Waals surface area contributed by atoms with Gasteiger partial charge in [-0.25, -0.2) is 4.98 Å². The number of para-hydroxylation sites is 1. The minimum absolute atomic E-state index is 0.0244. The number of nitrogens with zero attached hydrogens (tertiary/aromatic N) is 2. The minimum atomic E-state index is -0.0244. The second-order valence-electron chi connectivity index (χ2n) is 6.75. The first-order chi connectivity index (χ1) is 12.7. The van der Waals surface area contributed by atoms with E-state index in [0.717, 1.165) is 33.9 Å². The standard InChI is InChI=1S/C21H18N4O/c1-13-6-7-18-16(10-13)19-20(24-18)21(26)25(12-23-19)9-8-14-11-22-17-5-3-2-4-15(14)17/h2-7,10-12,22,24H,8-9H2,1H3. The van der Waals surface area contributed by atoms with Gasteiger partial charge in [0.1, 0.15) is 11.0 Å². The number of aromatic nitrogens is 4. The molecule has 5 nitrogen and oxygen atoms in total. The van der Waals surface area contributed by atoms with Crippen LogP contribution in [0.5, 0.6) is 0 Å². The van der Waals surface area contributed by atoms with Gasteiger partial charge in [-0.3, -0.25) is 9.36 Å². The van der Waals surface area contributed by atoms with E-state index in [0.29, 0.717) is 12.1 Å². The van der Waals surface area contributed by atoms with Crippen molar-refractivity contribution in [3.05, 3.63) is 76.5 Å². The largest absolute Gasteiger partial charge is 0.361 e. The van der Waals surface area contributed by atoms with Crippen LogP contribution in [0.2, 0.25) is 0 Å². The van der Waals surface area contributed by atoms with Gasteiger partial charge in [-0.1, -0.05) is 29.8 Å². The molecule has 0 unspecified atom stereocenters. The first-order valence-electron chi connectivity index (χ1n) is 8.73. The molecule has 0 aliphatic carbocycles. The van der Waals surface area contributed by atoms with E-state index < -0.39 is 0 Å². The predicted molar refractivity (Wildman–Crippen MR) is 105 cm³/mol. The maximum absolute atomic E-state index is 12.9. The minimum Gasteiger partial charge on any atom is -0.361 e. The average molecular weight is 342 g/mol. The van der Waals surface area contributed by atoms with Crippen molar-refractivity contribution in [3.63, 3.8) is 0 Å². The fraction of sp³-hybridized carbons (Fsp3) is 0.143. The summed E-state index contributed by atoms with van der Waals surface area (Å²) in [5.74, 6) is 0.